The van der Waals surface area contributed by atoms with E-state index in [2.05, 4.69) is 0 Å². The number of carbonyl (C=O) groups is 4. The number of nitrogens with zero attached hydrogens (tertiary/aromatic N) is 2. The van der Waals surface area contributed by atoms with Crippen molar-refractivity contribution in [2.75, 3.05) is 21.7 Å². The van der Waals surface area contributed by atoms with Crippen LogP contribution in [0.5, 0.6) is 11.5 Å². The number of phenols is 2. The van der Waals surface area contributed by atoms with Crippen LogP contribution in [0.25, 0.3) is 0 Å². The molecular weight excluding hydrogens is 725 g/mol. The molecule has 2 heterocycles. The number of benzene rings is 4. The quantitative estimate of drug-likeness (QED) is 0.193. The zero-order chi connectivity index (χ0) is 38.3. The van der Waals surface area contributed by atoms with Crippen LogP contribution in [0.4, 0.5) is 11.4 Å². The summed E-state index contributed by atoms with van der Waals surface area (Å²) in [6.45, 7) is 2.89. The molecule has 4 aromatic carbocycles. The van der Waals surface area contributed by atoms with Crippen molar-refractivity contribution in [1.82, 2.24) is 9.44 Å². The Bertz CT molecular complexity index is 2360. The lowest BCUT2D eigenvalue weighted by molar-refractivity contribution is -0.118. The molecule has 0 spiro atoms. The fraction of sp³-hybridized carbons (Fsp3) is 0.243. The van der Waals surface area contributed by atoms with Gasteiger partial charge < -0.3 is 10.2 Å². The van der Waals surface area contributed by atoms with E-state index in [1.54, 1.807) is 36.4 Å². The summed E-state index contributed by atoms with van der Waals surface area (Å²) in [5.41, 5.74) is 3.12. The third-order valence-electron chi connectivity index (χ3n) is 9.16. The van der Waals surface area contributed by atoms with E-state index >= 15 is 0 Å². The highest BCUT2D eigenvalue weighted by atomic mass is 32.2. The summed E-state index contributed by atoms with van der Waals surface area (Å²) in [6.07, 6.45) is 1.46. The molecule has 2 aliphatic heterocycles. The molecule has 0 aromatic heterocycles. The first-order valence-corrected chi connectivity index (χ1v) is 19.4. The minimum Gasteiger partial charge on any atom is -0.506 e. The Kier molecular flexibility index (Phi) is 9.78. The molecule has 7 rings (SSSR count). The maximum Gasteiger partial charge on any atom is 0.326 e. The van der Waals surface area contributed by atoms with Crippen molar-refractivity contribution < 1.29 is 46.2 Å². The van der Waals surface area contributed by atoms with Gasteiger partial charge in [0.25, 0.3) is 11.8 Å². The summed E-state index contributed by atoms with van der Waals surface area (Å²) >= 11 is 0. The number of ketones is 2. The first-order chi connectivity index (χ1) is 24.9. The third-order valence-corrected chi connectivity index (χ3v) is 11.9. The van der Waals surface area contributed by atoms with E-state index in [-0.39, 0.29) is 53.4 Å². The number of anilines is 2. The van der Waals surface area contributed by atoms with E-state index in [1.807, 2.05) is 53.6 Å². The van der Waals surface area contributed by atoms with Gasteiger partial charge in [0.15, 0.2) is 11.6 Å². The van der Waals surface area contributed by atoms with Gasteiger partial charge in [0.1, 0.15) is 24.6 Å². The van der Waals surface area contributed by atoms with E-state index in [1.165, 1.54) is 24.3 Å². The average molecular weight is 761 g/mol. The molecule has 276 valence electrons. The number of hydrogen-bond donors (Lipinski definition) is 4. The van der Waals surface area contributed by atoms with Gasteiger partial charge in [0.2, 0.25) is 0 Å². The minimum absolute atomic E-state index is 0.0179. The topological polar surface area (TPSA) is 208 Å². The SMILES string of the molecule is CC(C)(Cc1ccc(N2CC(=O)NS2(=O)=O)c(O)c1)C(=O)c1ccccc1.O=C1CN(c2ccc(CC3Cc4ccccc4C3=O)cc2O)S(=O)(=O)N1. The standard InChI is InChI=1S/C19H20N2O5S.C18H16N2O5S/c1-19(2,18(24)14-6-4-3-5-7-14)11-13-8-9-15(16(22)10-13)21-12-17(23)20-27(21,25)26;21-16-8-11(5-6-15(16)20-10-17(22)19-26(20,24)25)7-13-9-12-3-1-2-4-14(12)18(13)23/h3-10,22H,11-12H2,1-2H3,(H,20,23);1-6,8,13,21H,7,9-10H2,(H,19,22). The molecule has 2 saturated heterocycles. The number of aromatic hydroxyl groups is 2. The van der Waals surface area contributed by atoms with Gasteiger partial charge in [-0.05, 0) is 60.2 Å². The second-order valence-corrected chi connectivity index (χ2v) is 16.8. The van der Waals surface area contributed by atoms with Gasteiger partial charge in [0.05, 0.1) is 11.4 Å². The first-order valence-electron chi connectivity index (χ1n) is 16.5. The highest BCUT2D eigenvalue weighted by Crippen LogP contribution is 2.36. The van der Waals surface area contributed by atoms with Crippen LogP contribution >= 0.6 is 0 Å². The van der Waals surface area contributed by atoms with Crippen LogP contribution in [0.15, 0.2) is 91.0 Å². The van der Waals surface area contributed by atoms with Crippen LogP contribution in [0.2, 0.25) is 0 Å². The van der Waals surface area contributed by atoms with E-state index in [4.69, 9.17) is 0 Å². The summed E-state index contributed by atoms with van der Waals surface area (Å²) in [6, 6.07) is 25.5. The number of nitrogens with one attached hydrogen (secondary N) is 2. The van der Waals surface area contributed by atoms with Crippen molar-refractivity contribution in [3.05, 3.63) is 119 Å². The molecule has 4 N–H and O–H groups in total. The predicted octanol–water partition coefficient (Wildman–Crippen LogP) is 3.20. The number of Topliss-reactive ketones (excluding diaryl/α,β-unsaturated/α-hetero) is 2. The maximum atomic E-state index is 12.8. The van der Waals surface area contributed by atoms with Crippen molar-refractivity contribution in [2.45, 2.75) is 33.1 Å². The molecule has 2 amide bonds. The summed E-state index contributed by atoms with van der Waals surface area (Å²) in [5.74, 6) is -1.96. The number of phenolic OH excluding ortho intramolecular Hbond substituents is 2. The Balaban J connectivity index is 0.000000181. The summed E-state index contributed by atoms with van der Waals surface area (Å²) in [5, 5.41) is 20.5. The van der Waals surface area contributed by atoms with Gasteiger partial charge in [-0.25, -0.2) is 18.1 Å². The molecule has 4 aromatic rings. The fourth-order valence-electron chi connectivity index (χ4n) is 6.66. The number of rotatable bonds is 8. The molecule has 0 bridgehead atoms. The lowest BCUT2D eigenvalue weighted by atomic mass is 9.79. The minimum atomic E-state index is -3.99. The van der Waals surface area contributed by atoms with Crippen molar-refractivity contribution in [1.29, 1.82) is 0 Å². The Labute approximate surface area is 306 Å². The number of carbonyl (C=O) groups excluding carboxylic acids is 4. The maximum absolute atomic E-state index is 12.8. The molecule has 14 nitrogen and oxygen atoms in total. The number of hydrogen-bond acceptors (Lipinski definition) is 10. The predicted molar refractivity (Wildman–Crippen MR) is 195 cm³/mol. The van der Waals surface area contributed by atoms with Crippen LogP contribution in [0.1, 0.15) is 51.3 Å². The molecule has 0 saturated carbocycles. The monoisotopic (exact) mass is 760 g/mol. The second kappa shape index (κ2) is 14.0. The van der Waals surface area contributed by atoms with Crippen LogP contribution in [-0.2, 0) is 49.3 Å². The lowest BCUT2D eigenvalue weighted by Crippen LogP contribution is -2.29. The van der Waals surface area contributed by atoms with Gasteiger partial charge in [-0.15, -0.1) is 0 Å². The molecule has 1 unspecified atom stereocenters. The summed E-state index contributed by atoms with van der Waals surface area (Å²) in [7, 11) is -7.96. The molecule has 53 heavy (non-hydrogen) atoms. The average Bonchev–Trinajstić information content (AvgIpc) is 3.67. The lowest BCUT2D eigenvalue weighted by Gasteiger charge is -2.24. The molecular formula is C37H36N4O10S2. The van der Waals surface area contributed by atoms with Crippen molar-refractivity contribution >= 4 is 55.2 Å². The Hall–Kier alpha value is -5.74. The van der Waals surface area contributed by atoms with E-state index < -0.39 is 37.6 Å². The normalized spacial score (nSPS) is 18.5. The van der Waals surface area contributed by atoms with E-state index in [0.29, 0.717) is 30.4 Å². The van der Waals surface area contributed by atoms with Crippen LogP contribution < -0.4 is 18.1 Å². The first kappa shape index (κ1) is 37.0. The van der Waals surface area contributed by atoms with Crippen molar-refractivity contribution in [3.8, 4) is 11.5 Å². The molecule has 1 aliphatic carbocycles. The fourth-order valence-corrected chi connectivity index (χ4v) is 8.98. The zero-order valence-corrected chi connectivity index (χ0v) is 30.3. The van der Waals surface area contributed by atoms with Gasteiger partial charge >= 0.3 is 20.4 Å². The molecule has 2 fully saturated rings. The highest BCUT2D eigenvalue weighted by Gasteiger charge is 2.37. The van der Waals surface area contributed by atoms with Gasteiger partial charge in [-0.3, -0.25) is 19.2 Å². The molecule has 1 atom stereocenters. The smallest absolute Gasteiger partial charge is 0.326 e. The van der Waals surface area contributed by atoms with Gasteiger partial charge in [-0.2, -0.15) is 16.8 Å². The molecule has 16 heteroatoms. The van der Waals surface area contributed by atoms with Crippen LogP contribution in [0, 0.1) is 11.3 Å². The summed E-state index contributed by atoms with van der Waals surface area (Å²) < 4.78 is 53.0. The largest absolute Gasteiger partial charge is 0.506 e. The Morgan fingerprint density at radius 1 is 0.736 bits per heavy atom. The summed E-state index contributed by atoms with van der Waals surface area (Å²) in [4.78, 5) is 48.0. The van der Waals surface area contributed by atoms with Crippen LogP contribution in [0.3, 0.4) is 0 Å². The zero-order valence-electron chi connectivity index (χ0n) is 28.6. The van der Waals surface area contributed by atoms with Gasteiger partial charge in [0, 0.05) is 22.5 Å². The van der Waals surface area contributed by atoms with E-state index in [0.717, 1.165) is 25.3 Å². The Morgan fingerprint density at radius 3 is 1.75 bits per heavy atom. The second-order valence-electron chi connectivity index (χ2n) is 13.6. The molecule has 3 aliphatic rings. The number of fused-ring (bicyclic) bond motifs is 1. The van der Waals surface area contributed by atoms with Gasteiger partial charge in [-0.1, -0.05) is 80.6 Å². The van der Waals surface area contributed by atoms with Crippen molar-refractivity contribution in [3.63, 3.8) is 0 Å². The van der Waals surface area contributed by atoms with E-state index in [9.17, 15) is 46.2 Å². The Morgan fingerprint density at radius 2 is 1.25 bits per heavy atom. The van der Waals surface area contributed by atoms with Crippen molar-refractivity contribution in [2.24, 2.45) is 11.3 Å². The number of amides is 2. The van der Waals surface area contributed by atoms with Crippen LogP contribution in [-0.4, -0.2) is 63.5 Å². The molecule has 0 radical (unpaired) electrons. The third kappa shape index (κ3) is 7.73. The highest BCUT2D eigenvalue weighted by molar-refractivity contribution is 7.92.